The van der Waals surface area contributed by atoms with Gasteiger partial charge in [-0.15, -0.1) is 0 Å². The number of esters is 1. The summed E-state index contributed by atoms with van der Waals surface area (Å²) in [5.41, 5.74) is -0.323. The molecule has 0 unspecified atom stereocenters. The first-order chi connectivity index (χ1) is 8.14. The van der Waals surface area contributed by atoms with Crippen LogP contribution in [-0.4, -0.2) is 33.4 Å². The van der Waals surface area contributed by atoms with Crippen molar-refractivity contribution >= 4 is 5.97 Å². The van der Waals surface area contributed by atoms with Crippen molar-refractivity contribution in [2.24, 2.45) is 0 Å². The Labute approximate surface area is 98.3 Å². The molecule has 1 fully saturated rings. The van der Waals surface area contributed by atoms with E-state index in [-0.39, 0.29) is 19.0 Å². The lowest BCUT2D eigenvalue weighted by atomic mass is 9.78. The molecule has 0 atom stereocenters. The van der Waals surface area contributed by atoms with E-state index < -0.39 is 17.2 Å². The van der Waals surface area contributed by atoms with E-state index in [4.69, 9.17) is 14.2 Å². The Morgan fingerprint density at radius 2 is 2.12 bits per heavy atom. The summed E-state index contributed by atoms with van der Waals surface area (Å²) in [6.45, 7) is 0.427. The molecule has 0 N–H and O–H groups in total. The number of rotatable bonds is 3. The zero-order valence-electron chi connectivity index (χ0n) is 9.66. The first-order valence-electron chi connectivity index (χ1n) is 5.14. The Morgan fingerprint density at radius 3 is 2.53 bits per heavy atom. The van der Waals surface area contributed by atoms with Crippen LogP contribution >= 0.6 is 0 Å². The third-order valence-corrected chi connectivity index (χ3v) is 2.98. The molecule has 0 bridgehead atoms. The van der Waals surface area contributed by atoms with Crippen molar-refractivity contribution in [2.45, 2.75) is 5.41 Å². The largest absolute Gasteiger partial charge is 0.494 e. The van der Waals surface area contributed by atoms with Gasteiger partial charge in [0.25, 0.3) is 0 Å². The molecule has 0 aromatic heterocycles. The highest BCUT2D eigenvalue weighted by atomic mass is 19.1. The van der Waals surface area contributed by atoms with Crippen molar-refractivity contribution in [3.05, 3.63) is 29.6 Å². The summed E-state index contributed by atoms with van der Waals surface area (Å²) in [5.74, 6) is -0.762. The first-order valence-corrected chi connectivity index (χ1v) is 5.14. The molecule has 5 heteroatoms. The number of hydrogen-bond donors (Lipinski definition) is 0. The maximum atomic E-state index is 13.6. The first kappa shape index (κ1) is 11.9. The Hall–Kier alpha value is -1.62. The van der Waals surface area contributed by atoms with Crippen molar-refractivity contribution in [3.63, 3.8) is 0 Å². The van der Waals surface area contributed by atoms with Gasteiger partial charge in [0.1, 0.15) is 5.41 Å². The lowest BCUT2D eigenvalue weighted by Crippen LogP contribution is -2.53. The van der Waals surface area contributed by atoms with E-state index in [1.807, 2.05) is 0 Å². The zero-order valence-corrected chi connectivity index (χ0v) is 9.66. The Kier molecular flexibility index (Phi) is 3.02. The maximum Gasteiger partial charge on any atom is 0.321 e. The number of halogens is 1. The molecule has 1 aromatic carbocycles. The van der Waals surface area contributed by atoms with Crippen LogP contribution in [0.4, 0.5) is 4.39 Å². The molecule has 1 heterocycles. The fraction of sp³-hybridized carbons (Fsp3) is 0.417. The van der Waals surface area contributed by atoms with Gasteiger partial charge in [0.2, 0.25) is 0 Å². The molecule has 1 aromatic rings. The van der Waals surface area contributed by atoms with Crippen LogP contribution in [0.25, 0.3) is 0 Å². The van der Waals surface area contributed by atoms with Crippen LogP contribution in [0.2, 0.25) is 0 Å². The second-order valence-electron chi connectivity index (χ2n) is 3.92. The van der Waals surface area contributed by atoms with Crippen molar-refractivity contribution < 1.29 is 23.4 Å². The summed E-state index contributed by atoms with van der Waals surface area (Å²) in [7, 11) is 2.70. The van der Waals surface area contributed by atoms with Crippen molar-refractivity contribution in [2.75, 3.05) is 27.4 Å². The average Bonchev–Trinajstić information content (AvgIpc) is 2.27. The highest BCUT2D eigenvalue weighted by molar-refractivity contribution is 5.84. The summed E-state index contributed by atoms with van der Waals surface area (Å²) < 4.78 is 28.2. The van der Waals surface area contributed by atoms with Gasteiger partial charge in [-0.05, 0) is 17.7 Å². The summed E-state index contributed by atoms with van der Waals surface area (Å²) in [6, 6.07) is 4.44. The minimum absolute atomic E-state index is 0.147. The van der Waals surface area contributed by atoms with Crippen molar-refractivity contribution in [1.29, 1.82) is 0 Å². The molecule has 0 spiro atoms. The molecular weight excluding hydrogens is 227 g/mol. The van der Waals surface area contributed by atoms with E-state index in [0.717, 1.165) is 0 Å². The van der Waals surface area contributed by atoms with E-state index >= 15 is 0 Å². The van der Waals surface area contributed by atoms with Crippen LogP contribution in [-0.2, 0) is 19.7 Å². The van der Waals surface area contributed by atoms with E-state index in [2.05, 4.69) is 0 Å². The summed E-state index contributed by atoms with van der Waals surface area (Å²) >= 11 is 0. The smallest absolute Gasteiger partial charge is 0.321 e. The maximum absolute atomic E-state index is 13.6. The van der Waals surface area contributed by atoms with Gasteiger partial charge < -0.3 is 14.2 Å². The molecule has 1 saturated heterocycles. The van der Waals surface area contributed by atoms with E-state index in [9.17, 15) is 9.18 Å². The highest BCUT2D eigenvalue weighted by Gasteiger charge is 2.49. The van der Waals surface area contributed by atoms with Crippen LogP contribution in [0.3, 0.4) is 0 Å². The average molecular weight is 240 g/mol. The van der Waals surface area contributed by atoms with Gasteiger partial charge in [-0.1, -0.05) is 6.07 Å². The minimum atomic E-state index is -0.873. The molecule has 0 saturated carbocycles. The molecule has 0 radical (unpaired) electrons. The van der Waals surface area contributed by atoms with E-state index in [0.29, 0.717) is 5.56 Å². The topological polar surface area (TPSA) is 44.8 Å². The molecule has 2 rings (SSSR count). The third-order valence-electron chi connectivity index (χ3n) is 2.98. The fourth-order valence-corrected chi connectivity index (χ4v) is 1.87. The molecule has 4 nitrogen and oxygen atoms in total. The lowest BCUT2D eigenvalue weighted by molar-refractivity contribution is -0.166. The van der Waals surface area contributed by atoms with Crippen LogP contribution < -0.4 is 4.74 Å². The van der Waals surface area contributed by atoms with Crippen molar-refractivity contribution in [1.82, 2.24) is 0 Å². The van der Waals surface area contributed by atoms with Crippen LogP contribution in [0.1, 0.15) is 5.56 Å². The SMILES string of the molecule is COC(=O)C1(c2ccc(OC)c(F)c2)COC1. The van der Waals surface area contributed by atoms with Crippen LogP contribution in [0.15, 0.2) is 18.2 Å². The number of benzene rings is 1. The Morgan fingerprint density at radius 1 is 1.41 bits per heavy atom. The van der Waals surface area contributed by atoms with Crippen LogP contribution in [0, 0.1) is 5.82 Å². The second kappa shape index (κ2) is 4.33. The summed E-state index contributed by atoms with van der Waals surface area (Å²) in [5, 5.41) is 0. The summed E-state index contributed by atoms with van der Waals surface area (Å²) in [6.07, 6.45) is 0. The zero-order chi connectivity index (χ0) is 12.5. The van der Waals surface area contributed by atoms with Gasteiger partial charge in [0.05, 0.1) is 27.4 Å². The molecule has 0 aliphatic carbocycles. The van der Waals surface area contributed by atoms with E-state index in [1.54, 1.807) is 6.07 Å². The van der Waals surface area contributed by atoms with Gasteiger partial charge in [-0.25, -0.2) is 4.39 Å². The number of methoxy groups -OCH3 is 2. The standard InChI is InChI=1S/C12H13FO4/c1-15-10-4-3-8(5-9(10)13)12(6-17-7-12)11(14)16-2/h3-5H,6-7H2,1-2H3. The molecule has 17 heavy (non-hydrogen) atoms. The van der Waals surface area contributed by atoms with Gasteiger partial charge >= 0.3 is 5.97 Å². The highest BCUT2D eigenvalue weighted by Crippen LogP contribution is 2.35. The fourth-order valence-electron chi connectivity index (χ4n) is 1.87. The molecule has 1 aliphatic rings. The quantitative estimate of drug-likeness (QED) is 0.746. The Bertz CT molecular complexity index is 440. The van der Waals surface area contributed by atoms with Gasteiger partial charge in [-0.3, -0.25) is 4.79 Å². The van der Waals surface area contributed by atoms with Crippen molar-refractivity contribution in [3.8, 4) is 5.75 Å². The molecule has 92 valence electrons. The number of carbonyl (C=O) groups is 1. The third kappa shape index (κ3) is 1.76. The molecular formula is C12H13FO4. The van der Waals surface area contributed by atoms with Gasteiger partial charge in [0.15, 0.2) is 11.6 Å². The second-order valence-corrected chi connectivity index (χ2v) is 3.92. The van der Waals surface area contributed by atoms with Gasteiger partial charge in [0, 0.05) is 0 Å². The normalized spacial score (nSPS) is 17.1. The summed E-state index contributed by atoms with van der Waals surface area (Å²) in [4.78, 5) is 11.7. The number of carbonyl (C=O) groups excluding carboxylic acids is 1. The number of hydrogen-bond acceptors (Lipinski definition) is 4. The monoisotopic (exact) mass is 240 g/mol. The number of ether oxygens (including phenoxy) is 3. The minimum Gasteiger partial charge on any atom is -0.494 e. The van der Waals surface area contributed by atoms with Gasteiger partial charge in [-0.2, -0.15) is 0 Å². The molecule has 1 aliphatic heterocycles. The van der Waals surface area contributed by atoms with E-state index in [1.165, 1.54) is 26.4 Å². The predicted octanol–water partition coefficient (Wildman–Crippen LogP) is 1.28. The lowest BCUT2D eigenvalue weighted by Gasteiger charge is -2.38. The van der Waals surface area contributed by atoms with Crippen LogP contribution in [0.5, 0.6) is 5.75 Å². The predicted molar refractivity (Wildman–Crippen MR) is 57.5 cm³/mol. The Balaban J connectivity index is 2.38. The molecule has 0 amide bonds.